The minimum atomic E-state index is 0.885. The van der Waals surface area contributed by atoms with Crippen molar-refractivity contribution in [2.45, 2.75) is 0 Å². The molecule has 0 radical (unpaired) electrons. The fourth-order valence-electron chi connectivity index (χ4n) is 9.76. The maximum atomic E-state index is 6.61. The Balaban J connectivity index is 0.923. The third-order valence-electron chi connectivity index (χ3n) is 12.8. The van der Waals surface area contributed by atoms with Crippen molar-refractivity contribution in [2.75, 3.05) is 4.90 Å². The van der Waals surface area contributed by atoms with E-state index in [2.05, 4.69) is 217 Å². The van der Waals surface area contributed by atoms with Gasteiger partial charge in [-0.1, -0.05) is 152 Å². The molecule has 0 spiro atoms. The molecule has 2 aromatic heterocycles. The highest BCUT2D eigenvalue weighted by Gasteiger charge is 2.18. The molecule has 294 valence electrons. The first-order chi connectivity index (χ1) is 31.2. The Morgan fingerprint density at radius 1 is 0.270 bits per heavy atom. The average molecular weight is 804 g/mol. The zero-order chi connectivity index (χ0) is 41.4. The van der Waals surface area contributed by atoms with Crippen molar-refractivity contribution in [1.29, 1.82) is 0 Å². The first kappa shape index (κ1) is 35.4. The summed E-state index contributed by atoms with van der Waals surface area (Å²) >= 11 is 0. The Morgan fingerprint density at radius 2 is 0.841 bits per heavy atom. The quantitative estimate of drug-likeness (QED) is 0.157. The van der Waals surface area contributed by atoms with Crippen LogP contribution < -0.4 is 4.90 Å². The molecule has 0 atom stereocenters. The van der Waals surface area contributed by atoms with Gasteiger partial charge in [0, 0.05) is 44.0 Å². The largest absolute Gasteiger partial charge is 0.456 e. The van der Waals surface area contributed by atoms with Crippen LogP contribution in [-0.2, 0) is 0 Å². The SMILES string of the molecule is c1cc(-c2cccc3oc4c5ccccc5ccc4c23)cc(N(c2ccc(-c3ccc4c(ccc5ccccc54)c3)cc2)c2ccc(-c3ccc4oc5ccccc5c4c3)cc2)c1. The van der Waals surface area contributed by atoms with Gasteiger partial charge in [0.25, 0.3) is 0 Å². The van der Waals surface area contributed by atoms with Crippen LogP contribution >= 0.6 is 0 Å². The molecule has 2 heterocycles. The Hall–Kier alpha value is -8.40. The van der Waals surface area contributed by atoms with Gasteiger partial charge in [0.2, 0.25) is 0 Å². The zero-order valence-corrected chi connectivity index (χ0v) is 34.1. The maximum Gasteiger partial charge on any atom is 0.143 e. The van der Waals surface area contributed by atoms with Gasteiger partial charge in [0.15, 0.2) is 0 Å². The summed E-state index contributed by atoms with van der Waals surface area (Å²) in [4.78, 5) is 2.36. The molecule has 0 N–H and O–H groups in total. The van der Waals surface area contributed by atoms with Crippen molar-refractivity contribution in [3.8, 4) is 33.4 Å². The van der Waals surface area contributed by atoms with Gasteiger partial charge in [0.05, 0.1) is 0 Å². The first-order valence-corrected chi connectivity index (χ1v) is 21.5. The van der Waals surface area contributed by atoms with E-state index >= 15 is 0 Å². The Bertz CT molecular complexity index is 3910. The van der Waals surface area contributed by atoms with Crippen LogP contribution in [0.3, 0.4) is 0 Å². The number of anilines is 3. The van der Waals surface area contributed by atoms with Gasteiger partial charge in [-0.2, -0.15) is 0 Å². The smallest absolute Gasteiger partial charge is 0.143 e. The van der Waals surface area contributed by atoms with E-state index in [-0.39, 0.29) is 0 Å². The summed E-state index contributed by atoms with van der Waals surface area (Å²) < 4.78 is 12.8. The van der Waals surface area contributed by atoms with Gasteiger partial charge in [-0.3, -0.25) is 0 Å². The lowest BCUT2D eigenvalue weighted by molar-refractivity contribution is 0.669. The normalized spacial score (nSPS) is 11.8. The minimum Gasteiger partial charge on any atom is -0.456 e. The van der Waals surface area contributed by atoms with Gasteiger partial charge in [-0.05, 0) is 133 Å². The molecule has 0 fully saturated rings. The number of hydrogen-bond donors (Lipinski definition) is 0. The lowest BCUT2D eigenvalue weighted by atomic mass is 9.97. The molecule has 0 saturated heterocycles. The lowest BCUT2D eigenvalue weighted by Crippen LogP contribution is -2.10. The maximum absolute atomic E-state index is 6.61. The van der Waals surface area contributed by atoms with Crippen LogP contribution in [0.5, 0.6) is 0 Å². The van der Waals surface area contributed by atoms with Gasteiger partial charge < -0.3 is 13.7 Å². The number of furan rings is 2. The third-order valence-corrected chi connectivity index (χ3v) is 12.8. The van der Waals surface area contributed by atoms with Crippen molar-refractivity contribution >= 4 is 93.3 Å². The van der Waals surface area contributed by atoms with Crippen LogP contribution in [-0.4, -0.2) is 0 Å². The second-order valence-electron chi connectivity index (χ2n) is 16.5. The molecule has 13 rings (SSSR count). The van der Waals surface area contributed by atoms with Crippen molar-refractivity contribution in [3.63, 3.8) is 0 Å². The fourth-order valence-corrected chi connectivity index (χ4v) is 9.76. The van der Waals surface area contributed by atoms with Crippen LogP contribution in [0.1, 0.15) is 0 Å². The molecule has 0 aliphatic heterocycles. The van der Waals surface area contributed by atoms with Gasteiger partial charge >= 0.3 is 0 Å². The highest BCUT2D eigenvalue weighted by Crippen LogP contribution is 2.43. The van der Waals surface area contributed by atoms with E-state index in [0.29, 0.717) is 0 Å². The van der Waals surface area contributed by atoms with Crippen molar-refractivity contribution in [1.82, 2.24) is 0 Å². The van der Waals surface area contributed by atoms with Crippen molar-refractivity contribution < 1.29 is 8.83 Å². The van der Waals surface area contributed by atoms with E-state index in [1.54, 1.807) is 0 Å². The summed E-state index contributed by atoms with van der Waals surface area (Å²) in [5.41, 5.74) is 13.7. The first-order valence-electron chi connectivity index (χ1n) is 21.5. The summed E-state index contributed by atoms with van der Waals surface area (Å²) in [7, 11) is 0. The lowest BCUT2D eigenvalue weighted by Gasteiger charge is -2.26. The van der Waals surface area contributed by atoms with Crippen LogP contribution in [0.15, 0.2) is 233 Å². The fraction of sp³-hybridized carbons (Fsp3) is 0. The number of rotatable bonds is 6. The van der Waals surface area contributed by atoms with Crippen molar-refractivity contribution in [2.24, 2.45) is 0 Å². The molecule has 3 nitrogen and oxygen atoms in total. The molecule has 13 aromatic rings. The Kier molecular flexibility index (Phi) is 7.91. The van der Waals surface area contributed by atoms with Crippen LogP contribution in [0.2, 0.25) is 0 Å². The zero-order valence-electron chi connectivity index (χ0n) is 34.1. The minimum absolute atomic E-state index is 0.885. The molecular formula is C60H37NO2. The molecule has 63 heavy (non-hydrogen) atoms. The van der Waals surface area contributed by atoms with Gasteiger partial charge in [0.1, 0.15) is 22.3 Å². The number of nitrogens with zero attached hydrogens (tertiary/aromatic N) is 1. The Morgan fingerprint density at radius 3 is 1.65 bits per heavy atom. The Labute approximate surface area is 363 Å². The summed E-state index contributed by atoms with van der Waals surface area (Å²) in [6, 6.07) is 80.6. The van der Waals surface area contributed by atoms with Gasteiger partial charge in [-0.25, -0.2) is 0 Å². The molecule has 0 bridgehead atoms. The monoisotopic (exact) mass is 803 g/mol. The van der Waals surface area contributed by atoms with Crippen LogP contribution in [0, 0.1) is 0 Å². The summed E-state index contributed by atoms with van der Waals surface area (Å²) in [6.07, 6.45) is 0. The van der Waals surface area contributed by atoms with Crippen LogP contribution in [0.4, 0.5) is 17.1 Å². The number of benzene rings is 11. The topological polar surface area (TPSA) is 29.5 Å². The molecule has 0 saturated carbocycles. The standard InChI is InChI=1S/C60H37NO2/c1-3-13-49-40(9-1)19-20-45-35-42(26-32-50(45)49)38-21-28-46(29-22-38)61(47-30-23-39(24-31-47)43-27-34-57-55(37-43)53-15-5-6-17-56(53)62-57)48-12-7-11-44(36-48)51-16-8-18-58-59(51)54-33-25-41-10-2-4-14-52(41)60(54)63-58/h1-37H. The third kappa shape index (κ3) is 5.82. The molecular weight excluding hydrogens is 767 g/mol. The van der Waals surface area contributed by atoms with E-state index in [0.717, 1.165) is 88.6 Å². The second-order valence-corrected chi connectivity index (χ2v) is 16.5. The molecule has 3 heteroatoms. The van der Waals surface area contributed by atoms with E-state index in [4.69, 9.17) is 8.83 Å². The molecule has 0 aliphatic carbocycles. The summed E-state index contributed by atoms with van der Waals surface area (Å²) in [5.74, 6) is 0. The molecule has 0 unspecified atom stereocenters. The number of para-hydroxylation sites is 1. The summed E-state index contributed by atoms with van der Waals surface area (Å²) in [5, 5.41) is 11.8. The number of hydrogen-bond acceptors (Lipinski definition) is 3. The number of fused-ring (bicyclic) bond motifs is 11. The van der Waals surface area contributed by atoms with Gasteiger partial charge in [-0.15, -0.1) is 0 Å². The highest BCUT2D eigenvalue weighted by molar-refractivity contribution is 6.19. The van der Waals surface area contributed by atoms with E-state index < -0.39 is 0 Å². The van der Waals surface area contributed by atoms with E-state index in [1.807, 2.05) is 12.1 Å². The highest BCUT2D eigenvalue weighted by atomic mass is 16.3. The predicted octanol–water partition coefficient (Wildman–Crippen LogP) is 17.4. The summed E-state index contributed by atoms with van der Waals surface area (Å²) in [6.45, 7) is 0. The molecule has 0 aliphatic rings. The average Bonchev–Trinajstić information content (AvgIpc) is 3.93. The van der Waals surface area contributed by atoms with E-state index in [9.17, 15) is 0 Å². The van der Waals surface area contributed by atoms with Crippen molar-refractivity contribution in [3.05, 3.63) is 224 Å². The van der Waals surface area contributed by atoms with Crippen LogP contribution in [0.25, 0.3) is 110 Å². The molecule has 0 amide bonds. The predicted molar refractivity (Wildman–Crippen MR) is 265 cm³/mol. The molecule has 11 aromatic carbocycles. The van der Waals surface area contributed by atoms with E-state index in [1.165, 1.54) is 38.1 Å². The second kappa shape index (κ2) is 14.1.